The van der Waals surface area contributed by atoms with Crippen LogP contribution in [0.1, 0.15) is 79.4 Å². The molecule has 15 atom stereocenters. The van der Waals surface area contributed by atoms with Crippen LogP contribution in [-0.4, -0.2) is 113 Å². The molecule has 4 saturated carbocycles. The lowest BCUT2D eigenvalue weighted by Gasteiger charge is -2.78. The lowest BCUT2D eigenvalue weighted by atomic mass is 9.32. The number of aliphatic hydroxyl groups excluding tert-OH is 1. The van der Waals surface area contributed by atoms with Gasteiger partial charge < -0.3 is 57.3 Å². The van der Waals surface area contributed by atoms with Crippen molar-refractivity contribution in [3.63, 3.8) is 0 Å². The van der Waals surface area contributed by atoms with Crippen LogP contribution >= 0.6 is 0 Å². The summed E-state index contributed by atoms with van der Waals surface area (Å²) in [5, 5.41) is 27.4. The Bertz CT molecular complexity index is 1900. The van der Waals surface area contributed by atoms with Crippen LogP contribution in [0.4, 0.5) is 0 Å². The monoisotopic (exact) mass is 776 g/mol. The first kappa shape index (κ1) is 37.8. The normalized spacial score (nSPS) is 49.3. The Balaban J connectivity index is 1.56. The van der Waals surface area contributed by atoms with Crippen LogP contribution in [0.25, 0.3) is 0 Å². The Labute approximate surface area is 314 Å². The molecule has 8 rings (SSSR count). The molecule has 3 aliphatic heterocycles. The molecule has 4 aliphatic carbocycles. The lowest BCUT2D eigenvalue weighted by molar-refractivity contribution is -0.497. The van der Waals surface area contributed by atoms with Crippen molar-refractivity contribution in [2.24, 2.45) is 28.1 Å². The number of aliphatic hydroxyl groups is 2. The van der Waals surface area contributed by atoms with E-state index in [1.54, 1.807) is 13.8 Å². The van der Waals surface area contributed by atoms with E-state index < -0.39 is 142 Å². The van der Waals surface area contributed by atoms with Crippen LogP contribution in [0, 0.1) is 28.1 Å². The molecule has 2 N–H and O–H groups in total. The van der Waals surface area contributed by atoms with Gasteiger partial charge in [-0.15, -0.1) is 0 Å². The molecule has 1 aromatic heterocycles. The molecule has 55 heavy (non-hydrogen) atoms. The molecular weight excluding hydrogens is 732 g/mol. The number of rotatable bonds is 8. The van der Waals surface area contributed by atoms with Gasteiger partial charge in [-0.1, -0.05) is 13.8 Å². The summed E-state index contributed by atoms with van der Waals surface area (Å²) in [6, 6.07) is 1.52. The predicted molar refractivity (Wildman–Crippen MR) is 173 cm³/mol. The van der Waals surface area contributed by atoms with Crippen LogP contribution < -0.4 is 0 Å². The second-order valence-corrected chi connectivity index (χ2v) is 16.6. The van der Waals surface area contributed by atoms with E-state index in [1.165, 1.54) is 25.5 Å². The van der Waals surface area contributed by atoms with Gasteiger partial charge in [0.1, 0.15) is 42.2 Å². The fraction of sp³-hybridized carbons (Fsp3) is 0.730. The fourth-order valence-corrected chi connectivity index (χ4v) is 13.0. The zero-order valence-corrected chi connectivity index (χ0v) is 31.5. The number of cyclic esters (lactones) is 1. The third-order valence-corrected chi connectivity index (χ3v) is 14.1. The molecule has 3 saturated heterocycles. The fourth-order valence-electron chi connectivity index (χ4n) is 13.0. The summed E-state index contributed by atoms with van der Waals surface area (Å²) in [5.41, 5.74) is -14.8. The minimum Gasteiger partial charge on any atom is -0.472 e. The second-order valence-electron chi connectivity index (χ2n) is 16.6. The van der Waals surface area contributed by atoms with Crippen molar-refractivity contribution in [1.29, 1.82) is 0 Å². The first-order chi connectivity index (χ1) is 25.6. The minimum atomic E-state index is -2.64. The Hall–Kier alpha value is -4.10. The van der Waals surface area contributed by atoms with E-state index >= 15 is 0 Å². The highest BCUT2D eigenvalue weighted by Crippen LogP contribution is 2.90. The van der Waals surface area contributed by atoms with Crippen LogP contribution in [0.2, 0.25) is 0 Å². The number of carbonyl (C=O) groups is 6. The van der Waals surface area contributed by atoms with Gasteiger partial charge in [0, 0.05) is 57.9 Å². The van der Waals surface area contributed by atoms with Crippen molar-refractivity contribution in [3.8, 4) is 0 Å². The molecule has 0 aromatic carbocycles. The topological polar surface area (TPSA) is 239 Å². The maximum absolute atomic E-state index is 14.0. The number of carbonyl (C=O) groups excluding carboxylic acids is 6. The van der Waals surface area contributed by atoms with Crippen molar-refractivity contribution < 1.29 is 86.0 Å². The van der Waals surface area contributed by atoms with E-state index in [-0.39, 0.29) is 6.42 Å². The Kier molecular flexibility index (Phi) is 7.75. The number of fused-ring (bicyclic) bond motifs is 3. The van der Waals surface area contributed by atoms with E-state index in [9.17, 15) is 39.0 Å². The average molecular weight is 777 g/mol. The van der Waals surface area contributed by atoms with E-state index in [0.29, 0.717) is 5.56 Å². The number of ether oxygens (including phenoxy) is 9. The lowest BCUT2D eigenvalue weighted by Crippen LogP contribution is -2.98. The maximum Gasteiger partial charge on any atom is 0.306 e. The zero-order valence-electron chi connectivity index (χ0n) is 31.5. The molecule has 300 valence electrons. The molecule has 2 spiro atoms. The SMILES string of the molecule is COC(=O)C[C@H]1[C@]2(C)C[C@@]34OC5(C)O[C@]6([C@@H]7CC(=O)O[C@@H](c8ccoc8)[C@]7(C)[C@@H](OC(C)=O)[C@@H](O)[C@]6(O5)[C@]13COC(C)=O)[C@H](OC(C)=O)[C@@]4(O)[C@H]2OC(C)=O. The molecule has 1 aromatic rings. The van der Waals surface area contributed by atoms with Gasteiger partial charge in [0.15, 0.2) is 17.3 Å². The van der Waals surface area contributed by atoms with Gasteiger partial charge in [-0.05, 0) is 18.4 Å². The summed E-state index contributed by atoms with van der Waals surface area (Å²) in [7, 11) is 1.16. The molecule has 7 aliphatic rings. The molecular formula is C37H44O18. The molecule has 1 unspecified atom stereocenters. The van der Waals surface area contributed by atoms with Gasteiger partial charge in [0.2, 0.25) is 0 Å². The van der Waals surface area contributed by atoms with Crippen molar-refractivity contribution in [1.82, 2.24) is 0 Å². The van der Waals surface area contributed by atoms with Crippen molar-refractivity contribution in [2.75, 3.05) is 13.7 Å². The summed E-state index contributed by atoms with van der Waals surface area (Å²) in [5.74, 6) is -9.92. The van der Waals surface area contributed by atoms with Crippen LogP contribution in [0.5, 0.6) is 0 Å². The van der Waals surface area contributed by atoms with Gasteiger partial charge in [-0.3, -0.25) is 28.8 Å². The summed E-state index contributed by atoms with van der Waals surface area (Å²) >= 11 is 0. The summed E-state index contributed by atoms with van der Waals surface area (Å²) < 4.78 is 61.6. The van der Waals surface area contributed by atoms with Gasteiger partial charge >= 0.3 is 35.8 Å². The molecule has 4 heterocycles. The number of hydrogen-bond donors (Lipinski definition) is 2. The summed E-state index contributed by atoms with van der Waals surface area (Å²) in [6.45, 7) is 8.28. The van der Waals surface area contributed by atoms with E-state index in [1.807, 2.05) is 0 Å². The number of methoxy groups -OCH3 is 1. The highest BCUT2D eigenvalue weighted by atomic mass is 16.9. The van der Waals surface area contributed by atoms with Crippen molar-refractivity contribution >= 4 is 35.8 Å². The highest BCUT2D eigenvalue weighted by molar-refractivity contribution is 5.75. The Morgan fingerprint density at radius 3 is 2.15 bits per heavy atom. The first-order valence-electron chi connectivity index (χ1n) is 18.1. The molecule has 7 fully saturated rings. The number of esters is 6. The van der Waals surface area contributed by atoms with Crippen molar-refractivity contribution in [3.05, 3.63) is 24.2 Å². The van der Waals surface area contributed by atoms with E-state index in [2.05, 4.69) is 0 Å². The molecule has 4 bridgehead atoms. The third kappa shape index (κ3) is 4.01. The summed E-state index contributed by atoms with van der Waals surface area (Å²) in [4.78, 5) is 80.2. The zero-order chi connectivity index (χ0) is 40.1. The smallest absolute Gasteiger partial charge is 0.306 e. The highest BCUT2D eigenvalue weighted by Gasteiger charge is 3.07. The molecule has 18 nitrogen and oxygen atoms in total. The van der Waals surface area contributed by atoms with Crippen LogP contribution in [-0.2, 0) is 71.4 Å². The van der Waals surface area contributed by atoms with Crippen molar-refractivity contribution in [2.45, 2.75) is 127 Å². The van der Waals surface area contributed by atoms with Gasteiger partial charge in [0.25, 0.3) is 5.97 Å². The average Bonchev–Trinajstić information content (AvgIpc) is 3.79. The van der Waals surface area contributed by atoms with E-state index in [4.69, 9.17) is 47.0 Å². The van der Waals surface area contributed by atoms with Crippen LogP contribution in [0.15, 0.2) is 23.0 Å². The number of furan rings is 1. The molecule has 0 amide bonds. The van der Waals surface area contributed by atoms with Crippen LogP contribution in [0.3, 0.4) is 0 Å². The largest absolute Gasteiger partial charge is 0.472 e. The number of hydrogen-bond acceptors (Lipinski definition) is 18. The third-order valence-electron chi connectivity index (χ3n) is 14.1. The quantitative estimate of drug-likeness (QED) is 0.276. The Morgan fingerprint density at radius 1 is 0.909 bits per heavy atom. The Morgan fingerprint density at radius 2 is 1.56 bits per heavy atom. The van der Waals surface area contributed by atoms with E-state index in [0.717, 1.165) is 34.8 Å². The molecule has 18 heteroatoms. The van der Waals surface area contributed by atoms with Gasteiger partial charge in [0.05, 0.1) is 36.9 Å². The standard InChI is InChI=1S/C37H44O18/c1-16(38)48-15-33-21(11-23(42)46-8)30(5)14-34(33)35(45,28(30)50-18(3)40)29(51-19(4)41)36-22-12-24(43)52-26(20-9-10-47-13-20)31(22,6)27(49-17(2)39)25(44)37(33,36)55-32(7,53-34)54-36/h9-10,13,21-22,25-29,44-45H,11-12,14-15H2,1-8H3/t21-,22+,25+,26-,27-,28-,29+,30-,31+,32?,33+,34+,35-,36+,37-/m0/s1. The van der Waals surface area contributed by atoms with Gasteiger partial charge in [-0.25, -0.2) is 0 Å². The molecule has 0 radical (unpaired) electrons. The summed E-state index contributed by atoms with van der Waals surface area (Å²) in [6.07, 6.45) is -7.38. The first-order valence-corrected chi connectivity index (χ1v) is 18.1. The minimum absolute atomic E-state index is 0.262. The second kappa shape index (κ2) is 11.3. The maximum atomic E-state index is 14.0. The predicted octanol–water partition coefficient (Wildman–Crippen LogP) is 0.924. The van der Waals surface area contributed by atoms with Gasteiger partial charge in [-0.2, -0.15) is 0 Å².